The highest BCUT2D eigenvalue weighted by atomic mass is 16.5. The van der Waals surface area contributed by atoms with Gasteiger partial charge in [0.05, 0.1) is 12.8 Å². The van der Waals surface area contributed by atoms with Crippen LogP contribution in [0.1, 0.15) is 13.3 Å². The number of ether oxygens (including phenoxy) is 1. The largest absolute Gasteiger partial charge is 0.495 e. The number of hydrogen-bond donors (Lipinski definition) is 4. The Kier molecular flexibility index (Phi) is 6.44. The van der Waals surface area contributed by atoms with Crippen LogP contribution in [0.25, 0.3) is 0 Å². The van der Waals surface area contributed by atoms with Crippen molar-refractivity contribution < 1.29 is 19.1 Å². The van der Waals surface area contributed by atoms with Gasteiger partial charge in [0, 0.05) is 38.3 Å². The lowest BCUT2D eigenvalue weighted by Crippen LogP contribution is -2.38. The van der Waals surface area contributed by atoms with Gasteiger partial charge in [-0.05, 0) is 18.2 Å². The number of anilines is 2. The topological polar surface area (TPSA) is 112 Å². The van der Waals surface area contributed by atoms with E-state index >= 15 is 0 Å². The minimum atomic E-state index is -0.391. The van der Waals surface area contributed by atoms with Gasteiger partial charge in [0.15, 0.2) is 0 Å². The van der Waals surface area contributed by atoms with Crippen molar-refractivity contribution in [2.75, 3.05) is 43.9 Å². The summed E-state index contributed by atoms with van der Waals surface area (Å²) in [5, 5.41) is 10.8. The van der Waals surface area contributed by atoms with Crippen molar-refractivity contribution >= 4 is 29.3 Å². The number of benzene rings is 1. The predicted molar refractivity (Wildman–Crippen MR) is 93.9 cm³/mol. The maximum absolute atomic E-state index is 12.0. The van der Waals surface area contributed by atoms with Crippen molar-refractivity contribution in [3.63, 3.8) is 0 Å². The average Bonchev–Trinajstić information content (AvgIpc) is 3.00. The normalized spacial score (nSPS) is 13.2. The van der Waals surface area contributed by atoms with Gasteiger partial charge >= 0.3 is 12.1 Å². The number of rotatable bonds is 7. The van der Waals surface area contributed by atoms with Gasteiger partial charge in [-0.1, -0.05) is 6.92 Å². The molecule has 1 fully saturated rings. The molecule has 1 saturated heterocycles. The molecule has 1 aromatic rings. The Balaban J connectivity index is 1.87. The molecule has 5 amide bonds. The number of nitrogens with zero attached hydrogens (tertiary/aromatic N) is 1. The van der Waals surface area contributed by atoms with Gasteiger partial charge in [0.25, 0.3) is 0 Å². The van der Waals surface area contributed by atoms with E-state index in [-0.39, 0.29) is 11.9 Å². The van der Waals surface area contributed by atoms with Crippen molar-refractivity contribution in [2.45, 2.75) is 13.3 Å². The summed E-state index contributed by atoms with van der Waals surface area (Å²) < 4.78 is 5.20. The highest BCUT2D eigenvalue weighted by Crippen LogP contribution is 2.27. The summed E-state index contributed by atoms with van der Waals surface area (Å²) in [6, 6.07) is 4.45. The second kappa shape index (κ2) is 8.76. The Morgan fingerprint density at radius 2 is 2.12 bits per heavy atom. The van der Waals surface area contributed by atoms with E-state index in [9.17, 15) is 14.4 Å². The maximum atomic E-state index is 12.0. The Hall–Kier alpha value is -2.97. The van der Waals surface area contributed by atoms with E-state index < -0.39 is 6.03 Å². The second-order valence-electron chi connectivity index (χ2n) is 5.42. The van der Waals surface area contributed by atoms with Gasteiger partial charge in [0.2, 0.25) is 5.91 Å². The molecule has 4 N–H and O–H groups in total. The zero-order chi connectivity index (χ0) is 18.2. The number of urea groups is 2. The van der Waals surface area contributed by atoms with Crippen LogP contribution in [0.15, 0.2) is 18.2 Å². The quantitative estimate of drug-likeness (QED) is 0.592. The van der Waals surface area contributed by atoms with Gasteiger partial charge in [-0.15, -0.1) is 0 Å². The average molecular weight is 349 g/mol. The SMILES string of the molecule is CCC(=O)Nc1cc(NC(=O)NCCN2CCNC2=O)ccc1OC. The standard InChI is InChI=1S/C16H23N5O4/c1-3-14(22)20-12-10-11(4-5-13(12)25-2)19-15(23)17-6-8-21-9-7-18-16(21)24/h4-5,10H,3,6-9H2,1-2H3,(H,18,24)(H,20,22)(H2,17,19,23). The molecule has 0 aromatic heterocycles. The lowest BCUT2D eigenvalue weighted by molar-refractivity contribution is -0.115. The molecule has 0 radical (unpaired) electrons. The van der Waals surface area contributed by atoms with Crippen LogP contribution in [0.3, 0.4) is 0 Å². The molecule has 9 heteroatoms. The summed E-state index contributed by atoms with van der Waals surface area (Å²) in [6.45, 7) is 3.80. The third-order valence-corrected chi connectivity index (χ3v) is 3.66. The van der Waals surface area contributed by atoms with Gasteiger partial charge in [-0.3, -0.25) is 4.79 Å². The summed E-state index contributed by atoms with van der Waals surface area (Å²) in [5.74, 6) is 0.358. The smallest absolute Gasteiger partial charge is 0.319 e. The van der Waals surface area contributed by atoms with Crippen LogP contribution in [0.4, 0.5) is 21.0 Å². The number of methoxy groups -OCH3 is 1. The minimum Gasteiger partial charge on any atom is -0.495 e. The highest BCUT2D eigenvalue weighted by Gasteiger charge is 2.18. The fourth-order valence-corrected chi connectivity index (χ4v) is 2.33. The molecule has 0 atom stereocenters. The van der Waals surface area contributed by atoms with E-state index in [0.29, 0.717) is 49.7 Å². The zero-order valence-corrected chi connectivity index (χ0v) is 14.3. The Morgan fingerprint density at radius 1 is 1.32 bits per heavy atom. The Bertz CT molecular complexity index is 649. The van der Waals surface area contributed by atoms with Crippen LogP contribution >= 0.6 is 0 Å². The molecule has 136 valence electrons. The number of carbonyl (C=O) groups excluding carboxylic acids is 3. The molecule has 0 spiro atoms. The van der Waals surface area contributed by atoms with Gasteiger partial charge in [-0.25, -0.2) is 9.59 Å². The molecule has 1 aliphatic heterocycles. The summed E-state index contributed by atoms with van der Waals surface area (Å²) >= 11 is 0. The first-order valence-corrected chi connectivity index (χ1v) is 8.09. The van der Waals surface area contributed by atoms with E-state index in [0.717, 1.165) is 0 Å². The molecule has 2 rings (SSSR count). The highest BCUT2D eigenvalue weighted by molar-refractivity contribution is 5.94. The molecule has 0 bridgehead atoms. The molecule has 1 aliphatic rings. The van der Waals surface area contributed by atoms with E-state index in [4.69, 9.17) is 4.74 Å². The van der Waals surface area contributed by atoms with Crippen LogP contribution in [0.2, 0.25) is 0 Å². The number of nitrogens with one attached hydrogen (secondary N) is 4. The summed E-state index contributed by atoms with van der Waals surface area (Å²) in [7, 11) is 1.51. The number of carbonyl (C=O) groups is 3. The molecular weight excluding hydrogens is 326 g/mol. The molecule has 25 heavy (non-hydrogen) atoms. The van der Waals surface area contributed by atoms with Crippen molar-refractivity contribution in [1.82, 2.24) is 15.5 Å². The van der Waals surface area contributed by atoms with Crippen LogP contribution in [0, 0.1) is 0 Å². The number of hydrogen-bond acceptors (Lipinski definition) is 4. The van der Waals surface area contributed by atoms with Crippen LogP contribution < -0.4 is 26.0 Å². The Morgan fingerprint density at radius 3 is 2.76 bits per heavy atom. The number of amides is 5. The van der Waals surface area contributed by atoms with E-state index in [1.165, 1.54) is 7.11 Å². The van der Waals surface area contributed by atoms with Gasteiger partial charge in [0.1, 0.15) is 5.75 Å². The van der Waals surface area contributed by atoms with Crippen molar-refractivity contribution in [3.05, 3.63) is 18.2 Å². The van der Waals surface area contributed by atoms with E-state index in [1.54, 1.807) is 30.0 Å². The van der Waals surface area contributed by atoms with Gasteiger partial charge < -0.3 is 30.9 Å². The first kappa shape index (κ1) is 18.4. The maximum Gasteiger partial charge on any atom is 0.319 e. The third-order valence-electron chi connectivity index (χ3n) is 3.66. The fraction of sp³-hybridized carbons (Fsp3) is 0.438. The zero-order valence-electron chi connectivity index (χ0n) is 14.3. The molecule has 9 nitrogen and oxygen atoms in total. The van der Waals surface area contributed by atoms with Crippen LogP contribution in [-0.2, 0) is 4.79 Å². The molecule has 0 saturated carbocycles. The lowest BCUT2D eigenvalue weighted by Gasteiger charge is -2.15. The minimum absolute atomic E-state index is 0.117. The lowest BCUT2D eigenvalue weighted by atomic mass is 10.2. The summed E-state index contributed by atoms with van der Waals surface area (Å²) in [5.41, 5.74) is 1.00. The molecule has 1 aromatic carbocycles. The first-order chi connectivity index (χ1) is 12.0. The van der Waals surface area contributed by atoms with E-state index in [2.05, 4.69) is 21.3 Å². The molecular formula is C16H23N5O4. The predicted octanol–water partition coefficient (Wildman–Crippen LogP) is 1.19. The summed E-state index contributed by atoms with van der Waals surface area (Å²) in [4.78, 5) is 36.5. The fourth-order valence-electron chi connectivity index (χ4n) is 2.33. The van der Waals surface area contributed by atoms with Crippen molar-refractivity contribution in [3.8, 4) is 5.75 Å². The Labute approximate surface area is 146 Å². The van der Waals surface area contributed by atoms with Gasteiger partial charge in [-0.2, -0.15) is 0 Å². The molecule has 1 heterocycles. The second-order valence-corrected chi connectivity index (χ2v) is 5.42. The third kappa shape index (κ3) is 5.27. The monoisotopic (exact) mass is 349 g/mol. The van der Waals surface area contributed by atoms with Crippen LogP contribution in [-0.4, -0.2) is 56.2 Å². The molecule has 0 unspecified atom stereocenters. The van der Waals surface area contributed by atoms with Crippen molar-refractivity contribution in [2.24, 2.45) is 0 Å². The summed E-state index contributed by atoms with van der Waals surface area (Å²) in [6.07, 6.45) is 0.339. The van der Waals surface area contributed by atoms with Crippen molar-refractivity contribution in [1.29, 1.82) is 0 Å². The first-order valence-electron chi connectivity index (χ1n) is 8.09. The van der Waals surface area contributed by atoms with Crippen LogP contribution in [0.5, 0.6) is 5.75 Å². The van der Waals surface area contributed by atoms with E-state index in [1.807, 2.05) is 0 Å². The molecule has 0 aliphatic carbocycles.